The molecule has 0 spiro atoms. The van der Waals surface area contributed by atoms with Gasteiger partial charge in [-0.25, -0.2) is 4.98 Å². The number of amides is 1. The van der Waals surface area contributed by atoms with Gasteiger partial charge >= 0.3 is 0 Å². The molecule has 1 atom stereocenters. The molecule has 1 unspecified atom stereocenters. The summed E-state index contributed by atoms with van der Waals surface area (Å²) >= 11 is 5.98. The molecule has 3 aromatic carbocycles. The Morgan fingerprint density at radius 3 is 2.47 bits per heavy atom. The monoisotopic (exact) mass is 445 g/mol. The van der Waals surface area contributed by atoms with Gasteiger partial charge in [-0.2, -0.15) is 0 Å². The molecule has 6 heteroatoms. The van der Waals surface area contributed by atoms with Crippen molar-refractivity contribution in [1.82, 2.24) is 14.5 Å². The van der Waals surface area contributed by atoms with Crippen LogP contribution in [0, 0.1) is 6.92 Å². The molecule has 0 aliphatic rings. The van der Waals surface area contributed by atoms with Gasteiger partial charge in [-0.1, -0.05) is 42.8 Å². The summed E-state index contributed by atoms with van der Waals surface area (Å²) in [7, 11) is 1.74. The molecule has 0 bridgehead atoms. The summed E-state index contributed by atoms with van der Waals surface area (Å²) in [6, 6.07) is 21.4. The van der Waals surface area contributed by atoms with Crippen molar-refractivity contribution < 1.29 is 4.79 Å². The predicted octanol–water partition coefficient (Wildman–Crippen LogP) is 5.57. The number of nitrogens with zero attached hydrogens (tertiary/aromatic N) is 3. The molecule has 0 saturated carbocycles. The SMILES string of the molecule is CCC(c1nc2ccccc2c(=O)n1-c1cccc(C)c1)N(C)C(=O)c1ccc(Cl)cc1. The molecule has 0 fully saturated rings. The normalized spacial score (nSPS) is 12.0. The Morgan fingerprint density at radius 1 is 1.06 bits per heavy atom. The van der Waals surface area contributed by atoms with Crippen molar-refractivity contribution in [2.24, 2.45) is 0 Å². The molecule has 0 N–H and O–H groups in total. The van der Waals surface area contributed by atoms with Gasteiger partial charge in [0.05, 0.1) is 22.6 Å². The fourth-order valence-corrected chi connectivity index (χ4v) is 4.08. The Bertz CT molecular complexity index is 1350. The standard InChI is InChI=1S/C26H24ClN3O2/c1-4-23(29(3)25(31)18-12-14-19(27)15-13-18)24-28-22-11-6-5-10-21(22)26(32)30(24)20-9-7-8-17(2)16-20/h5-16,23H,4H2,1-3H3. The molecule has 1 amide bonds. The number of rotatable bonds is 5. The molecule has 32 heavy (non-hydrogen) atoms. The highest BCUT2D eigenvalue weighted by molar-refractivity contribution is 6.30. The maximum Gasteiger partial charge on any atom is 0.266 e. The van der Waals surface area contributed by atoms with E-state index in [-0.39, 0.29) is 11.5 Å². The average Bonchev–Trinajstić information content (AvgIpc) is 2.79. The van der Waals surface area contributed by atoms with Gasteiger partial charge in [-0.15, -0.1) is 0 Å². The zero-order valence-corrected chi connectivity index (χ0v) is 19.0. The van der Waals surface area contributed by atoms with E-state index >= 15 is 0 Å². The third kappa shape index (κ3) is 4.04. The Morgan fingerprint density at radius 2 is 1.78 bits per heavy atom. The van der Waals surface area contributed by atoms with Crippen LogP contribution in [0.25, 0.3) is 16.6 Å². The smallest absolute Gasteiger partial charge is 0.266 e. The predicted molar refractivity (Wildman–Crippen MR) is 129 cm³/mol. The Hall–Kier alpha value is -3.44. The number of fused-ring (bicyclic) bond motifs is 1. The number of carbonyl (C=O) groups is 1. The highest BCUT2D eigenvalue weighted by Gasteiger charge is 2.27. The van der Waals surface area contributed by atoms with Gasteiger partial charge in [0.15, 0.2) is 0 Å². The van der Waals surface area contributed by atoms with Crippen LogP contribution in [0.4, 0.5) is 0 Å². The van der Waals surface area contributed by atoms with Crippen molar-refractivity contribution in [2.45, 2.75) is 26.3 Å². The van der Waals surface area contributed by atoms with Crippen molar-refractivity contribution in [3.05, 3.63) is 105 Å². The topological polar surface area (TPSA) is 55.2 Å². The van der Waals surface area contributed by atoms with Crippen LogP contribution in [0.5, 0.6) is 0 Å². The molecule has 1 aromatic heterocycles. The number of aryl methyl sites for hydroxylation is 1. The van der Waals surface area contributed by atoms with E-state index < -0.39 is 6.04 Å². The minimum atomic E-state index is -0.406. The third-order valence-corrected chi connectivity index (χ3v) is 5.88. The summed E-state index contributed by atoms with van der Waals surface area (Å²) in [6.07, 6.45) is 0.590. The lowest BCUT2D eigenvalue weighted by Gasteiger charge is -2.29. The molecule has 4 aromatic rings. The van der Waals surface area contributed by atoms with Crippen LogP contribution >= 0.6 is 11.6 Å². The van der Waals surface area contributed by atoms with Crippen LogP contribution in [0.3, 0.4) is 0 Å². The number of aromatic nitrogens is 2. The van der Waals surface area contributed by atoms with Gasteiger partial charge in [-0.3, -0.25) is 14.2 Å². The van der Waals surface area contributed by atoms with Gasteiger partial charge in [0.25, 0.3) is 11.5 Å². The average molecular weight is 446 g/mol. The second-order valence-electron chi connectivity index (χ2n) is 7.81. The lowest BCUT2D eigenvalue weighted by atomic mass is 10.1. The Kier molecular flexibility index (Phi) is 6.10. The molecule has 5 nitrogen and oxygen atoms in total. The van der Waals surface area contributed by atoms with Crippen molar-refractivity contribution in [2.75, 3.05) is 7.05 Å². The quantitative estimate of drug-likeness (QED) is 0.403. The number of benzene rings is 3. The Labute approximate surface area is 191 Å². The molecular weight excluding hydrogens is 422 g/mol. The van der Waals surface area contributed by atoms with E-state index in [0.29, 0.717) is 33.7 Å². The highest BCUT2D eigenvalue weighted by atomic mass is 35.5. The second kappa shape index (κ2) is 8.97. The van der Waals surface area contributed by atoms with Gasteiger partial charge in [-0.05, 0) is 67.4 Å². The lowest BCUT2D eigenvalue weighted by Crippen LogP contribution is -2.36. The molecule has 0 aliphatic heterocycles. The van der Waals surface area contributed by atoms with Crippen LogP contribution in [0.2, 0.25) is 5.02 Å². The minimum Gasteiger partial charge on any atom is -0.332 e. The lowest BCUT2D eigenvalue weighted by molar-refractivity contribution is 0.0717. The molecule has 162 valence electrons. The largest absolute Gasteiger partial charge is 0.332 e. The van der Waals surface area contributed by atoms with E-state index in [1.54, 1.807) is 46.8 Å². The number of halogens is 1. The van der Waals surface area contributed by atoms with Gasteiger partial charge in [0.1, 0.15) is 5.82 Å². The molecule has 0 aliphatic carbocycles. The first-order valence-corrected chi connectivity index (χ1v) is 10.9. The van der Waals surface area contributed by atoms with Crippen molar-refractivity contribution >= 4 is 28.4 Å². The molecule has 4 rings (SSSR count). The van der Waals surface area contributed by atoms with E-state index in [2.05, 4.69) is 0 Å². The van der Waals surface area contributed by atoms with E-state index in [1.807, 2.05) is 56.3 Å². The summed E-state index contributed by atoms with van der Waals surface area (Å²) in [4.78, 5) is 33.4. The van der Waals surface area contributed by atoms with Gasteiger partial charge in [0, 0.05) is 17.6 Å². The van der Waals surface area contributed by atoms with Crippen LogP contribution in [-0.4, -0.2) is 27.4 Å². The summed E-state index contributed by atoms with van der Waals surface area (Å²) < 4.78 is 1.63. The second-order valence-corrected chi connectivity index (χ2v) is 8.25. The van der Waals surface area contributed by atoms with Gasteiger partial charge < -0.3 is 4.90 Å². The molecule has 1 heterocycles. The summed E-state index contributed by atoms with van der Waals surface area (Å²) in [6.45, 7) is 3.97. The highest BCUT2D eigenvalue weighted by Crippen LogP contribution is 2.26. The first-order chi connectivity index (χ1) is 15.4. The minimum absolute atomic E-state index is 0.151. The van der Waals surface area contributed by atoms with E-state index in [4.69, 9.17) is 16.6 Å². The fourth-order valence-electron chi connectivity index (χ4n) is 3.96. The maximum atomic E-state index is 13.6. The maximum absolute atomic E-state index is 13.6. The van der Waals surface area contributed by atoms with Crippen molar-refractivity contribution in [1.29, 1.82) is 0 Å². The fraction of sp³-hybridized carbons (Fsp3) is 0.192. The van der Waals surface area contributed by atoms with E-state index in [9.17, 15) is 9.59 Å². The van der Waals surface area contributed by atoms with Crippen LogP contribution in [-0.2, 0) is 0 Å². The third-order valence-electron chi connectivity index (χ3n) is 5.63. The first-order valence-electron chi connectivity index (χ1n) is 10.5. The molecule has 0 radical (unpaired) electrons. The summed E-state index contributed by atoms with van der Waals surface area (Å²) in [5, 5.41) is 1.11. The van der Waals surface area contributed by atoms with E-state index in [1.165, 1.54) is 0 Å². The van der Waals surface area contributed by atoms with Crippen molar-refractivity contribution in [3.63, 3.8) is 0 Å². The van der Waals surface area contributed by atoms with Gasteiger partial charge in [0.2, 0.25) is 0 Å². The number of para-hydroxylation sites is 1. The van der Waals surface area contributed by atoms with Crippen LogP contribution in [0.1, 0.15) is 41.1 Å². The molecular formula is C26H24ClN3O2. The number of carbonyl (C=O) groups excluding carboxylic acids is 1. The number of hydrogen-bond donors (Lipinski definition) is 0. The van der Waals surface area contributed by atoms with E-state index in [0.717, 1.165) is 11.3 Å². The Balaban J connectivity index is 1.91. The zero-order valence-electron chi connectivity index (χ0n) is 18.2. The zero-order chi connectivity index (χ0) is 22.8. The first kappa shape index (κ1) is 21.8. The summed E-state index contributed by atoms with van der Waals surface area (Å²) in [5.41, 5.74) is 2.76. The van der Waals surface area contributed by atoms with Crippen LogP contribution < -0.4 is 5.56 Å². The summed E-state index contributed by atoms with van der Waals surface area (Å²) in [5.74, 6) is 0.373. The molecule has 0 saturated heterocycles. The van der Waals surface area contributed by atoms with Crippen molar-refractivity contribution in [3.8, 4) is 5.69 Å². The number of hydrogen-bond acceptors (Lipinski definition) is 3. The van der Waals surface area contributed by atoms with Crippen LogP contribution in [0.15, 0.2) is 77.6 Å².